The van der Waals surface area contributed by atoms with Gasteiger partial charge in [0.2, 0.25) is 16.6 Å². The van der Waals surface area contributed by atoms with Crippen LogP contribution in [0.5, 0.6) is 23.0 Å². The van der Waals surface area contributed by atoms with Crippen molar-refractivity contribution in [2.24, 2.45) is 0 Å². The molecule has 9 aromatic rings. The molecule has 392 valence electrons. The van der Waals surface area contributed by atoms with E-state index in [2.05, 4.69) is 50.3 Å². The average Bonchev–Trinajstić information content (AvgIpc) is 4.35. The van der Waals surface area contributed by atoms with Gasteiger partial charge in [-0.1, -0.05) is 30.4 Å². The molecule has 16 nitrogen and oxygen atoms in total. The van der Waals surface area contributed by atoms with Gasteiger partial charge in [-0.3, -0.25) is 14.6 Å². The van der Waals surface area contributed by atoms with Crippen molar-refractivity contribution in [1.82, 2.24) is 44.5 Å². The molecule has 0 aliphatic carbocycles. The molecule has 2 aliphatic heterocycles. The number of hydrogen-bond donors (Lipinski definition) is 2. The number of pyridine rings is 1. The Morgan fingerprint density at radius 1 is 0.766 bits per heavy atom. The number of nitrogens with one attached hydrogen (secondary N) is 2. The fourth-order valence-corrected chi connectivity index (χ4v) is 13.2. The minimum absolute atomic E-state index is 0.00676. The minimum atomic E-state index is -0.0192. The summed E-state index contributed by atoms with van der Waals surface area (Å²) in [5, 5.41) is 9.36. The lowest BCUT2D eigenvalue weighted by atomic mass is 9.94. The van der Waals surface area contributed by atoms with Crippen LogP contribution >= 0.6 is 34.0 Å². The predicted octanol–water partition coefficient (Wildman–Crippen LogP) is 11.1. The molecule has 0 saturated heterocycles. The first kappa shape index (κ1) is 51.4. The molecule has 0 fully saturated rings. The first-order valence-corrected chi connectivity index (χ1v) is 28.0. The number of benzene rings is 3. The molecule has 0 radical (unpaired) electrons. The Labute approximate surface area is 459 Å². The molecule has 11 rings (SSSR count). The van der Waals surface area contributed by atoms with Crippen molar-refractivity contribution in [1.29, 1.82) is 0 Å². The van der Waals surface area contributed by atoms with Gasteiger partial charge < -0.3 is 39.7 Å². The highest BCUT2D eigenvalue weighted by molar-refractivity contribution is 7.19. The van der Waals surface area contributed by atoms with Crippen LogP contribution in [0.4, 0.5) is 23.0 Å². The maximum atomic E-state index is 13.8. The molecule has 0 saturated carbocycles. The van der Waals surface area contributed by atoms with Gasteiger partial charge in [-0.05, 0) is 131 Å². The number of likely N-dealkylation sites (N-methyl/N-ethyl adjacent to an activating group) is 2. The van der Waals surface area contributed by atoms with Crippen LogP contribution in [0.15, 0.2) is 109 Å². The van der Waals surface area contributed by atoms with Gasteiger partial charge in [-0.15, -0.1) is 22.7 Å². The number of aromatic nitrogens is 6. The zero-order valence-electron chi connectivity index (χ0n) is 44.2. The monoisotopic (exact) mass is 1080 g/mol. The lowest BCUT2D eigenvalue weighted by molar-refractivity contribution is -0.568. The van der Waals surface area contributed by atoms with Crippen molar-refractivity contribution < 1.29 is 23.6 Å². The van der Waals surface area contributed by atoms with Gasteiger partial charge in [0.25, 0.3) is 12.1 Å². The largest absolute Gasteiger partial charge is 0.455 e. The van der Waals surface area contributed by atoms with E-state index in [1.54, 1.807) is 58.7 Å². The highest BCUT2D eigenvalue weighted by Crippen LogP contribution is 2.45. The van der Waals surface area contributed by atoms with Gasteiger partial charge in [0.1, 0.15) is 39.6 Å². The molecule has 0 unspecified atom stereocenters. The lowest BCUT2D eigenvalue weighted by Crippen LogP contribution is -2.36. The Kier molecular flexibility index (Phi) is 14.5. The van der Waals surface area contributed by atoms with Gasteiger partial charge in [-0.2, -0.15) is 4.57 Å². The van der Waals surface area contributed by atoms with Gasteiger partial charge in [-0.25, -0.2) is 15.0 Å². The molecule has 77 heavy (non-hydrogen) atoms. The zero-order chi connectivity index (χ0) is 53.5. The van der Waals surface area contributed by atoms with E-state index in [0.29, 0.717) is 74.6 Å². The maximum Gasteiger partial charge on any atom is 0.295 e. The van der Waals surface area contributed by atoms with Crippen molar-refractivity contribution in [3.05, 3.63) is 147 Å². The molecule has 2 amide bonds. The number of amides is 2. The van der Waals surface area contributed by atoms with Crippen LogP contribution in [0.3, 0.4) is 0 Å². The van der Waals surface area contributed by atoms with Gasteiger partial charge in [0.05, 0.1) is 40.4 Å². The van der Waals surface area contributed by atoms with Crippen LogP contribution in [0.1, 0.15) is 50.5 Å². The third-order valence-corrected chi connectivity index (χ3v) is 16.8. The van der Waals surface area contributed by atoms with Crippen LogP contribution in [-0.4, -0.2) is 111 Å². The number of anilines is 4. The molecule has 19 heteroatoms. The summed E-state index contributed by atoms with van der Waals surface area (Å²) in [4.78, 5) is 62.8. The lowest BCUT2D eigenvalue weighted by Gasteiger charge is -2.30. The van der Waals surface area contributed by atoms with E-state index >= 15 is 0 Å². The Bertz CT molecular complexity index is 3790. The molecule has 3 aromatic carbocycles. The normalized spacial score (nSPS) is 14.6. The molecule has 2 N–H and O–H groups in total. The van der Waals surface area contributed by atoms with E-state index in [-0.39, 0.29) is 17.7 Å². The second-order valence-corrected chi connectivity index (χ2v) is 23.2. The fourth-order valence-electron chi connectivity index (χ4n) is 9.91. The number of nitrogens with zero attached hydrogens (tertiary/aromatic N) is 10. The van der Waals surface area contributed by atoms with Crippen molar-refractivity contribution >= 4 is 99.5 Å². The standard InChI is InChI=1S/C58H58N12O4S3/c1-34-23-38(14-17-45(34)73-41-15-13-37(4)59-27-41)64-56-53-51-36(3)28-69(50(72)12-10-21-67(7)8)30-48(51)77-58(53)70(32-62-56)44-25-39(24-35(2)54(44)74-40-16-18-46-43(26-40)63-33-75-46)65-55-52-42-19-22-68(49(71)11-9-20-66(5)6)29-47(42)76-57(52)61-31-60-55/h9-18,23-27,31-33,36H,19-22,28-30H2,1-8H3,(H,60,61,65)/p+1/b11-9+,12-10+/t36-/m1/s1. The van der Waals surface area contributed by atoms with Crippen molar-refractivity contribution in [2.45, 2.75) is 53.1 Å². The van der Waals surface area contributed by atoms with Crippen LogP contribution in [-0.2, 0) is 29.1 Å². The smallest absolute Gasteiger partial charge is 0.295 e. The van der Waals surface area contributed by atoms with Crippen LogP contribution in [0.25, 0.3) is 36.3 Å². The molecule has 1 atom stereocenters. The molecule has 2 aliphatic rings. The van der Waals surface area contributed by atoms with Gasteiger partial charge in [0.15, 0.2) is 11.4 Å². The Morgan fingerprint density at radius 3 is 2.27 bits per heavy atom. The summed E-state index contributed by atoms with van der Waals surface area (Å²) in [5.41, 5.74) is 10.1. The summed E-state index contributed by atoms with van der Waals surface area (Å²) < 4.78 is 16.4. The topological polar surface area (TPSA) is 158 Å². The number of carbonyl (C=O) groups is 2. The fraction of sp³-hybridized carbons (Fsp3) is 0.276. The first-order valence-electron chi connectivity index (χ1n) is 25.5. The highest BCUT2D eigenvalue weighted by Gasteiger charge is 2.35. The van der Waals surface area contributed by atoms with E-state index in [1.807, 2.05) is 135 Å². The molecular formula is C58H59N12O4S3+. The SMILES string of the molecule is Cc1ccc(Oc2ccc(Nc3nc[n+](-c4cc(Nc5ncnc6sc7c(c56)CCN(C(=O)/C=C/CN(C)C)C7)cc(C)c4Oc4ccc5scnc5c4)c4sc5c(c34)[C@H](C)CN(C(=O)/C=C/CN(C)C)C5)cc2C)cn1. The summed E-state index contributed by atoms with van der Waals surface area (Å²) in [6.45, 7) is 11.7. The van der Waals surface area contributed by atoms with Crippen molar-refractivity contribution in [3.63, 3.8) is 0 Å². The van der Waals surface area contributed by atoms with Crippen LogP contribution in [0, 0.1) is 20.8 Å². The molecule has 0 spiro atoms. The second-order valence-electron chi connectivity index (χ2n) is 20.1. The molecule has 6 aromatic heterocycles. The van der Waals surface area contributed by atoms with Crippen LogP contribution in [0.2, 0.25) is 0 Å². The van der Waals surface area contributed by atoms with Crippen molar-refractivity contribution in [3.8, 4) is 28.7 Å². The summed E-state index contributed by atoms with van der Waals surface area (Å²) in [7, 11) is 7.94. The van der Waals surface area contributed by atoms with E-state index < -0.39 is 0 Å². The molecule has 8 heterocycles. The van der Waals surface area contributed by atoms with Crippen molar-refractivity contribution in [2.75, 3.05) is 65.0 Å². The predicted molar refractivity (Wildman–Crippen MR) is 308 cm³/mol. The Balaban J connectivity index is 1.01. The first-order chi connectivity index (χ1) is 37.2. The number of fused-ring (bicyclic) bond motifs is 7. The number of hydrogen-bond acceptors (Lipinski definition) is 16. The summed E-state index contributed by atoms with van der Waals surface area (Å²) in [6.07, 6.45) is 13.1. The van der Waals surface area contributed by atoms with E-state index in [4.69, 9.17) is 24.4 Å². The number of aryl methyl sites for hydroxylation is 3. The quantitative estimate of drug-likeness (QED) is 0.0739. The van der Waals surface area contributed by atoms with Gasteiger partial charge >= 0.3 is 0 Å². The second kappa shape index (κ2) is 21.7. The third kappa shape index (κ3) is 10.9. The number of thiazole rings is 1. The summed E-state index contributed by atoms with van der Waals surface area (Å²) in [6, 6.07) is 20.0. The maximum absolute atomic E-state index is 13.8. The Morgan fingerprint density at radius 2 is 1.51 bits per heavy atom. The Hall–Kier alpha value is -7.68. The highest BCUT2D eigenvalue weighted by atomic mass is 32.1. The molecular weight excluding hydrogens is 1020 g/mol. The average molecular weight is 1080 g/mol. The van der Waals surface area contributed by atoms with Crippen LogP contribution < -0.4 is 24.7 Å². The van der Waals surface area contributed by atoms with Gasteiger partial charge in [0, 0.05) is 83.2 Å². The van der Waals surface area contributed by atoms with E-state index in [0.717, 1.165) is 91.2 Å². The third-order valence-electron chi connectivity index (χ3n) is 13.7. The minimum Gasteiger partial charge on any atom is -0.455 e. The zero-order valence-corrected chi connectivity index (χ0v) is 46.7. The summed E-state index contributed by atoms with van der Waals surface area (Å²) >= 11 is 4.86. The number of rotatable bonds is 15. The number of ether oxygens (including phenoxy) is 2. The summed E-state index contributed by atoms with van der Waals surface area (Å²) in [5.74, 6) is 4.03. The number of carbonyl (C=O) groups excluding carboxylic acids is 2. The molecule has 0 bridgehead atoms. The van der Waals surface area contributed by atoms with E-state index in [9.17, 15) is 9.59 Å². The van der Waals surface area contributed by atoms with E-state index in [1.165, 1.54) is 0 Å². The number of thiophene rings is 2.